The van der Waals surface area contributed by atoms with Gasteiger partial charge in [0.2, 0.25) is 0 Å². The summed E-state index contributed by atoms with van der Waals surface area (Å²) in [6.07, 6.45) is 4.85. The monoisotopic (exact) mass is 380 g/mol. The molecule has 28 heavy (non-hydrogen) atoms. The normalized spacial score (nSPS) is 56.3. The zero-order valence-electron chi connectivity index (χ0n) is 16.9. The average Bonchev–Trinajstić information content (AvgIpc) is 3.31. The van der Waals surface area contributed by atoms with Crippen LogP contribution in [0.4, 0.5) is 0 Å². The maximum Gasteiger partial charge on any atom is 0.181 e. The quantitative estimate of drug-likeness (QED) is 0.650. The van der Waals surface area contributed by atoms with Crippen LogP contribution in [-0.4, -0.2) is 23.3 Å². The summed E-state index contributed by atoms with van der Waals surface area (Å²) in [6, 6.07) is 4.68. The molecule has 0 unspecified atom stereocenters. The molecule has 148 valence electrons. The lowest BCUT2D eigenvalue weighted by Gasteiger charge is -2.59. The Morgan fingerprint density at radius 1 is 1.14 bits per heavy atom. The third kappa shape index (κ3) is 1.90. The standard InChI is InChI=1S/C23H28N2O3/c1-12(26)18-13(10-24)8-17-15-4-7-23-20(28-23)19(27)14(11-25)9-22(23,3)16(15)5-6-21(17,18)2/h13-18,20H,4-9H2,1-3H3/t13-,14-,15+,16-,17-,18-,20+,21-,22+,23+/m0/s1. The number of nitrogens with zero attached hydrogens (tertiary/aromatic N) is 2. The molecule has 1 heterocycles. The predicted molar refractivity (Wildman–Crippen MR) is 99.4 cm³/mol. The number of nitriles is 2. The number of epoxide rings is 1. The zero-order valence-corrected chi connectivity index (χ0v) is 16.9. The summed E-state index contributed by atoms with van der Waals surface area (Å²) in [5.41, 5.74) is -0.622. The first-order chi connectivity index (χ1) is 13.2. The van der Waals surface area contributed by atoms with Gasteiger partial charge in [-0.1, -0.05) is 13.8 Å². The average molecular weight is 380 g/mol. The molecule has 0 aromatic heterocycles. The van der Waals surface area contributed by atoms with E-state index in [-0.39, 0.29) is 45.9 Å². The van der Waals surface area contributed by atoms with Gasteiger partial charge in [0, 0.05) is 11.3 Å². The van der Waals surface area contributed by atoms with Gasteiger partial charge in [-0.3, -0.25) is 9.59 Å². The molecule has 0 aromatic rings. The molecule has 5 rings (SSSR count). The van der Waals surface area contributed by atoms with Gasteiger partial charge in [-0.2, -0.15) is 10.5 Å². The lowest BCUT2D eigenvalue weighted by Crippen LogP contribution is -2.59. The van der Waals surface area contributed by atoms with Gasteiger partial charge >= 0.3 is 0 Å². The van der Waals surface area contributed by atoms with Crippen LogP contribution < -0.4 is 0 Å². The third-order valence-electron chi connectivity index (χ3n) is 9.81. The number of hydrogen-bond acceptors (Lipinski definition) is 5. The lowest BCUT2D eigenvalue weighted by molar-refractivity contribution is -0.140. The number of ketones is 2. The van der Waals surface area contributed by atoms with Crippen molar-refractivity contribution in [3.8, 4) is 12.1 Å². The Hall–Kier alpha value is -1.72. The maximum atomic E-state index is 12.6. The van der Waals surface area contributed by atoms with Crippen LogP contribution in [0.5, 0.6) is 0 Å². The Labute approximate surface area is 166 Å². The summed E-state index contributed by atoms with van der Waals surface area (Å²) in [6.45, 7) is 6.14. The minimum Gasteiger partial charge on any atom is -0.357 e. The van der Waals surface area contributed by atoms with E-state index in [9.17, 15) is 20.1 Å². The Kier molecular flexibility index (Phi) is 3.57. The van der Waals surface area contributed by atoms with Gasteiger partial charge in [-0.05, 0) is 68.6 Å². The summed E-state index contributed by atoms with van der Waals surface area (Å²) < 4.78 is 6.10. The fraction of sp³-hybridized carbons (Fsp3) is 0.826. The van der Waals surface area contributed by atoms with E-state index in [1.165, 1.54) is 0 Å². The molecule has 1 aliphatic heterocycles. The number of fused-ring (bicyclic) bond motifs is 4. The van der Waals surface area contributed by atoms with Gasteiger partial charge in [0.15, 0.2) is 5.78 Å². The molecule has 5 nitrogen and oxygen atoms in total. The lowest BCUT2D eigenvalue weighted by atomic mass is 9.43. The van der Waals surface area contributed by atoms with Gasteiger partial charge in [0.1, 0.15) is 23.4 Å². The van der Waals surface area contributed by atoms with Crippen molar-refractivity contribution < 1.29 is 14.3 Å². The fourth-order valence-corrected chi connectivity index (χ4v) is 8.61. The van der Waals surface area contributed by atoms with E-state index in [1.54, 1.807) is 6.92 Å². The van der Waals surface area contributed by atoms with Crippen LogP contribution in [0.1, 0.15) is 59.3 Å². The highest BCUT2D eigenvalue weighted by Crippen LogP contribution is 2.73. The van der Waals surface area contributed by atoms with Crippen molar-refractivity contribution in [2.45, 2.75) is 71.0 Å². The molecule has 5 fully saturated rings. The SMILES string of the molecule is CC(=O)[C@H]1[C@H](C#N)C[C@H]2[C@@H]3CC[C@@]45O[C@@H]4C(=O)[C@H](C#N)C[C@]5(C)[C@H]3CC[C@@]21C. The van der Waals surface area contributed by atoms with Crippen LogP contribution in [-0.2, 0) is 14.3 Å². The molecule has 10 atom stereocenters. The third-order valence-corrected chi connectivity index (χ3v) is 9.81. The van der Waals surface area contributed by atoms with Crippen LogP contribution >= 0.6 is 0 Å². The summed E-state index contributed by atoms with van der Waals surface area (Å²) in [5, 5.41) is 19.3. The maximum absolute atomic E-state index is 12.6. The highest BCUT2D eigenvalue weighted by atomic mass is 16.6. The Balaban J connectivity index is 1.52. The number of Topliss-reactive ketones (excluding diaryl/α,β-unsaturated/α-hetero) is 2. The highest BCUT2D eigenvalue weighted by Gasteiger charge is 2.78. The molecular weight excluding hydrogens is 352 g/mol. The van der Waals surface area contributed by atoms with Crippen LogP contribution in [0, 0.1) is 69.0 Å². The van der Waals surface area contributed by atoms with Gasteiger partial charge < -0.3 is 4.74 Å². The predicted octanol–water partition coefficient (Wildman–Crippen LogP) is 3.43. The molecule has 0 amide bonds. The number of hydrogen-bond donors (Lipinski definition) is 0. The first-order valence-corrected chi connectivity index (χ1v) is 10.7. The van der Waals surface area contributed by atoms with E-state index < -0.39 is 5.92 Å². The Morgan fingerprint density at radius 2 is 1.89 bits per heavy atom. The molecule has 0 bridgehead atoms. The summed E-state index contributed by atoms with van der Waals surface area (Å²) in [4.78, 5) is 25.0. The van der Waals surface area contributed by atoms with Crippen molar-refractivity contribution in [2.75, 3.05) is 0 Å². The van der Waals surface area contributed by atoms with Crippen LogP contribution in [0.15, 0.2) is 0 Å². The molecule has 5 aliphatic rings. The molecule has 4 saturated carbocycles. The first-order valence-electron chi connectivity index (χ1n) is 10.7. The van der Waals surface area contributed by atoms with Gasteiger partial charge in [0.25, 0.3) is 0 Å². The molecule has 1 saturated heterocycles. The largest absolute Gasteiger partial charge is 0.357 e. The van der Waals surface area contributed by atoms with Gasteiger partial charge in [-0.15, -0.1) is 0 Å². The molecule has 1 spiro atoms. The van der Waals surface area contributed by atoms with E-state index in [0.717, 1.165) is 32.1 Å². The van der Waals surface area contributed by atoms with Crippen molar-refractivity contribution in [3.63, 3.8) is 0 Å². The molecule has 0 N–H and O–H groups in total. The van der Waals surface area contributed by atoms with Crippen molar-refractivity contribution in [1.29, 1.82) is 10.5 Å². The first kappa shape index (κ1) is 18.3. The van der Waals surface area contributed by atoms with E-state index in [1.807, 2.05) is 0 Å². The topological polar surface area (TPSA) is 94.2 Å². The molecule has 0 radical (unpaired) electrons. The van der Waals surface area contributed by atoms with Crippen molar-refractivity contribution in [1.82, 2.24) is 0 Å². The van der Waals surface area contributed by atoms with E-state index in [0.29, 0.717) is 24.2 Å². The minimum atomic E-state index is -0.557. The van der Waals surface area contributed by atoms with Crippen LogP contribution in [0.25, 0.3) is 0 Å². The molecular formula is C23H28N2O3. The van der Waals surface area contributed by atoms with Crippen molar-refractivity contribution >= 4 is 11.6 Å². The number of carbonyl (C=O) groups is 2. The summed E-state index contributed by atoms with van der Waals surface area (Å²) >= 11 is 0. The second kappa shape index (κ2) is 5.45. The molecule has 5 heteroatoms. The number of rotatable bonds is 1. The van der Waals surface area contributed by atoms with E-state index in [2.05, 4.69) is 26.0 Å². The zero-order chi connectivity index (χ0) is 20.1. The second-order valence-electron chi connectivity index (χ2n) is 10.6. The van der Waals surface area contributed by atoms with Crippen LogP contribution in [0.2, 0.25) is 0 Å². The van der Waals surface area contributed by atoms with Crippen molar-refractivity contribution in [2.24, 2.45) is 46.3 Å². The summed E-state index contributed by atoms with van der Waals surface area (Å²) in [5.74, 6) is 0.474. The smallest absolute Gasteiger partial charge is 0.181 e. The van der Waals surface area contributed by atoms with Crippen molar-refractivity contribution in [3.05, 3.63) is 0 Å². The second-order valence-corrected chi connectivity index (χ2v) is 10.6. The fourth-order valence-electron chi connectivity index (χ4n) is 8.61. The summed E-state index contributed by atoms with van der Waals surface area (Å²) in [7, 11) is 0. The van der Waals surface area contributed by atoms with Gasteiger partial charge in [0.05, 0.1) is 18.1 Å². The molecule has 4 aliphatic carbocycles. The number of carbonyl (C=O) groups excluding carboxylic acids is 2. The minimum absolute atomic E-state index is 0.0128. The van der Waals surface area contributed by atoms with E-state index in [4.69, 9.17) is 4.74 Å². The Morgan fingerprint density at radius 3 is 2.54 bits per heavy atom. The highest BCUT2D eigenvalue weighted by molar-refractivity contribution is 5.92. The van der Waals surface area contributed by atoms with Crippen LogP contribution in [0.3, 0.4) is 0 Å². The Bertz CT molecular complexity index is 855. The molecule has 0 aromatic carbocycles. The number of ether oxygens (including phenoxy) is 1. The van der Waals surface area contributed by atoms with E-state index >= 15 is 0 Å². The van der Waals surface area contributed by atoms with Gasteiger partial charge in [-0.25, -0.2) is 0 Å².